The number of hydrogen-bond donors (Lipinski definition) is 0. The van der Waals surface area contributed by atoms with Gasteiger partial charge in [0.25, 0.3) is 0 Å². The summed E-state index contributed by atoms with van der Waals surface area (Å²) >= 11 is 7.45. The largest absolute Gasteiger partial charge is 0.274 e. The van der Waals surface area contributed by atoms with Gasteiger partial charge in [-0.25, -0.2) is 8.42 Å². The molecule has 0 aromatic heterocycles. The molecule has 0 radical (unpaired) electrons. The molecule has 148 valence electrons. The lowest BCUT2D eigenvalue weighted by molar-refractivity contribution is -0.117. The minimum absolute atomic E-state index is 0.110. The maximum absolute atomic E-state index is 13.0. The number of aliphatic imine (C=N–C) groups is 1. The van der Waals surface area contributed by atoms with Gasteiger partial charge in [0.15, 0.2) is 15.0 Å². The Bertz CT molecular complexity index is 987. The summed E-state index contributed by atoms with van der Waals surface area (Å²) in [5, 5.41) is 1.15. The van der Waals surface area contributed by atoms with Crippen molar-refractivity contribution in [3.8, 4) is 0 Å². The highest BCUT2D eigenvalue weighted by atomic mass is 35.5. The third-order valence-electron chi connectivity index (χ3n) is 4.27. The van der Waals surface area contributed by atoms with E-state index >= 15 is 0 Å². The van der Waals surface area contributed by atoms with Gasteiger partial charge < -0.3 is 0 Å². The quantitative estimate of drug-likeness (QED) is 0.699. The van der Waals surface area contributed by atoms with Gasteiger partial charge >= 0.3 is 0 Å². The highest BCUT2D eigenvalue weighted by Crippen LogP contribution is 2.27. The number of anilines is 1. The molecule has 0 aliphatic carbocycles. The zero-order valence-electron chi connectivity index (χ0n) is 15.6. The van der Waals surface area contributed by atoms with Crippen molar-refractivity contribution in [3.63, 3.8) is 0 Å². The molecule has 0 bridgehead atoms. The molecule has 0 spiro atoms. The van der Waals surface area contributed by atoms with Crippen molar-refractivity contribution < 1.29 is 13.2 Å². The number of aryl methyl sites for hydroxylation is 1. The molecule has 2 aromatic carbocycles. The summed E-state index contributed by atoms with van der Waals surface area (Å²) < 4.78 is 25.2. The fourth-order valence-electron chi connectivity index (χ4n) is 2.73. The number of amides is 1. The molecule has 1 heterocycles. The standard InChI is InChI=1S/C20H21ClN2O3S2/c1-14-3-9-18(10-4-14)28(25,26)12-11-19(24)23(20-22-15(2)13-27-20)17-7-5-16(21)6-8-17/h3-10,15H,11-13H2,1-2H3/t15-/m0/s1. The SMILES string of the molecule is Cc1ccc(S(=O)(=O)CCC(=O)N(C2=N[C@@H](C)CS2)c2ccc(Cl)cc2)cc1. The number of halogens is 1. The van der Waals surface area contributed by atoms with Gasteiger partial charge in [-0.3, -0.25) is 14.7 Å². The first-order valence-corrected chi connectivity index (χ1v) is 11.9. The first-order valence-electron chi connectivity index (χ1n) is 8.85. The first kappa shape index (κ1) is 20.9. The molecular weight excluding hydrogens is 416 g/mol. The van der Waals surface area contributed by atoms with Crippen LogP contribution in [-0.4, -0.2) is 37.0 Å². The van der Waals surface area contributed by atoms with Crippen molar-refractivity contribution in [1.82, 2.24) is 0 Å². The molecule has 0 saturated heterocycles. The van der Waals surface area contributed by atoms with E-state index in [-0.39, 0.29) is 29.0 Å². The Morgan fingerprint density at radius 2 is 1.82 bits per heavy atom. The number of carbonyl (C=O) groups excluding carboxylic acids is 1. The smallest absolute Gasteiger partial charge is 0.234 e. The van der Waals surface area contributed by atoms with Crippen molar-refractivity contribution in [2.24, 2.45) is 4.99 Å². The predicted molar refractivity (Wildman–Crippen MR) is 116 cm³/mol. The summed E-state index contributed by atoms with van der Waals surface area (Å²) in [5.41, 5.74) is 1.61. The number of carbonyl (C=O) groups is 1. The molecule has 8 heteroatoms. The van der Waals surface area contributed by atoms with Crippen LogP contribution in [0.1, 0.15) is 18.9 Å². The topological polar surface area (TPSA) is 66.8 Å². The minimum Gasteiger partial charge on any atom is -0.274 e. The van der Waals surface area contributed by atoms with Crippen LogP contribution in [0.3, 0.4) is 0 Å². The molecule has 1 aliphatic rings. The maximum atomic E-state index is 13.0. The Labute approximate surface area is 174 Å². The Morgan fingerprint density at radius 3 is 2.39 bits per heavy atom. The molecule has 3 rings (SSSR count). The number of benzene rings is 2. The lowest BCUT2D eigenvalue weighted by Gasteiger charge is -2.22. The second kappa shape index (κ2) is 8.68. The molecular formula is C20H21ClN2O3S2. The van der Waals surface area contributed by atoms with Crippen molar-refractivity contribution in [1.29, 1.82) is 0 Å². The lowest BCUT2D eigenvalue weighted by Crippen LogP contribution is -2.35. The van der Waals surface area contributed by atoms with Gasteiger partial charge in [-0.05, 0) is 50.2 Å². The van der Waals surface area contributed by atoms with E-state index in [1.165, 1.54) is 16.7 Å². The summed E-state index contributed by atoms with van der Waals surface area (Å²) in [7, 11) is -3.54. The Morgan fingerprint density at radius 1 is 1.18 bits per heavy atom. The summed E-state index contributed by atoms with van der Waals surface area (Å²) in [6, 6.07) is 13.6. The Kier molecular flexibility index (Phi) is 6.47. The van der Waals surface area contributed by atoms with E-state index in [1.54, 1.807) is 48.5 Å². The van der Waals surface area contributed by atoms with Gasteiger partial charge in [0.1, 0.15) is 0 Å². The van der Waals surface area contributed by atoms with Gasteiger partial charge in [0, 0.05) is 17.2 Å². The van der Waals surface area contributed by atoms with E-state index < -0.39 is 9.84 Å². The van der Waals surface area contributed by atoms with E-state index in [9.17, 15) is 13.2 Å². The lowest BCUT2D eigenvalue weighted by atomic mass is 10.2. The highest BCUT2D eigenvalue weighted by Gasteiger charge is 2.28. The molecule has 1 atom stereocenters. The summed E-state index contributed by atoms with van der Waals surface area (Å²) in [4.78, 5) is 19.2. The Hall–Kier alpha value is -1.83. The van der Waals surface area contributed by atoms with Gasteiger partial charge in [-0.15, -0.1) is 0 Å². The molecule has 1 amide bonds. The van der Waals surface area contributed by atoms with Crippen LogP contribution in [0, 0.1) is 6.92 Å². The first-order chi connectivity index (χ1) is 13.3. The second-order valence-corrected chi connectivity index (χ2v) is 10.2. The second-order valence-electron chi connectivity index (χ2n) is 6.66. The van der Waals surface area contributed by atoms with E-state index in [2.05, 4.69) is 4.99 Å². The van der Waals surface area contributed by atoms with E-state index in [0.29, 0.717) is 15.9 Å². The zero-order chi connectivity index (χ0) is 20.3. The van der Waals surface area contributed by atoms with Gasteiger partial charge in [-0.1, -0.05) is 41.1 Å². The van der Waals surface area contributed by atoms with Crippen LogP contribution in [0.15, 0.2) is 58.4 Å². The molecule has 0 fully saturated rings. The molecule has 0 saturated carbocycles. The number of sulfone groups is 1. The highest BCUT2D eigenvalue weighted by molar-refractivity contribution is 8.14. The predicted octanol–water partition coefficient (Wildman–Crippen LogP) is 4.34. The Balaban J connectivity index is 1.80. The average molecular weight is 437 g/mol. The van der Waals surface area contributed by atoms with Gasteiger partial charge in [0.2, 0.25) is 5.91 Å². The molecule has 0 unspecified atom stereocenters. The molecule has 28 heavy (non-hydrogen) atoms. The van der Waals surface area contributed by atoms with Crippen LogP contribution in [0.2, 0.25) is 5.02 Å². The van der Waals surface area contributed by atoms with Crippen molar-refractivity contribution in [2.45, 2.75) is 31.2 Å². The minimum atomic E-state index is -3.54. The van der Waals surface area contributed by atoms with Crippen LogP contribution in [-0.2, 0) is 14.6 Å². The van der Waals surface area contributed by atoms with Crippen LogP contribution in [0.25, 0.3) is 0 Å². The summed E-state index contributed by atoms with van der Waals surface area (Å²) in [6.45, 7) is 3.87. The summed E-state index contributed by atoms with van der Waals surface area (Å²) in [5.74, 6) is 0.222. The van der Waals surface area contributed by atoms with E-state index in [4.69, 9.17) is 11.6 Å². The monoisotopic (exact) mass is 436 g/mol. The third kappa shape index (κ3) is 4.96. The van der Waals surface area contributed by atoms with Crippen LogP contribution in [0.5, 0.6) is 0 Å². The number of rotatable bonds is 5. The van der Waals surface area contributed by atoms with Crippen LogP contribution in [0.4, 0.5) is 5.69 Å². The molecule has 1 aliphatic heterocycles. The average Bonchev–Trinajstić information content (AvgIpc) is 3.08. The van der Waals surface area contributed by atoms with Crippen molar-refractivity contribution in [2.75, 3.05) is 16.4 Å². The van der Waals surface area contributed by atoms with Gasteiger partial charge in [-0.2, -0.15) is 0 Å². The summed E-state index contributed by atoms with van der Waals surface area (Å²) in [6.07, 6.45) is -0.132. The number of hydrogen-bond acceptors (Lipinski definition) is 5. The fraction of sp³-hybridized carbons (Fsp3) is 0.300. The third-order valence-corrected chi connectivity index (χ3v) is 7.45. The molecule has 5 nitrogen and oxygen atoms in total. The number of thioether (sulfide) groups is 1. The fourth-order valence-corrected chi connectivity index (χ4v) is 5.14. The van der Waals surface area contributed by atoms with Gasteiger partial charge in [0.05, 0.1) is 22.4 Å². The number of amidine groups is 1. The number of nitrogens with zero attached hydrogens (tertiary/aromatic N) is 2. The van der Waals surface area contributed by atoms with Crippen LogP contribution < -0.4 is 4.90 Å². The maximum Gasteiger partial charge on any atom is 0.234 e. The van der Waals surface area contributed by atoms with Crippen molar-refractivity contribution in [3.05, 3.63) is 59.1 Å². The van der Waals surface area contributed by atoms with E-state index in [1.807, 2.05) is 13.8 Å². The normalized spacial score (nSPS) is 16.7. The van der Waals surface area contributed by atoms with Crippen molar-refractivity contribution >= 4 is 50.0 Å². The van der Waals surface area contributed by atoms with E-state index in [0.717, 1.165) is 11.3 Å². The molecule has 2 aromatic rings. The van der Waals surface area contributed by atoms with Crippen LogP contribution >= 0.6 is 23.4 Å². The zero-order valence-corrected chi connectivity index (χ0v) is 18.0. The molecule has 0 N–H and O–H groups in total.